The summed E-state index contributed by atoms with van der Waals surface area (Å²) in [5.41, 5.74) is 10.9. The lowest BCUT2D eigenvalue weighted by Crippen LogP contribution is -2.19. The van der Waals surface area contributed by atoms with Gasteiger partial charge in [-0.1, -0.05) is 36.4 Å². The van der Waals surface area contributed by atoms with Gasteiger partial charge in [-0.2, -0.15) is 5.10 Å². The standard InChI is InChI=1S/C24H16N6O2/c25-23(31)19-9-6-15-4-5-16-7-10-20(29-22(16)21(15)28-19)24(32)30-27-13-14-3-8-18-17(12-14)2-1-11-26-18/h1-13H,(H2,25,31)(H,30,32)/b27-13+. The largest absolute Gasteiger partial charge is 0.364 e. The Morgan fingerprint density at radius 3 is 2.28 bits per heavy atom. The number of carbonyl (C=O) groups is 2. The van der Waals surface area contributed by atoms with Crippen LogP contribution in [0.4, 0.5) is 0 Å². The van der Waals surface area contributed by atoms with Crippen LogP contribution in [-0.2, 0) is 0 Å². The summed E-state index contributed by atoms with van der Waals surface area (Å²) in [5.74, 6) is -1.09. The third kappa shape index (κ3) is 3.61. The number of carbonyl (C=O) groups excluding carboxylic acids is 2. The molecule has 0 saturated carbocycles. The minimum absolute atomic E-state index is 0.136. The van der Waals surface area contributed by atoms with E-state index < -0.39 is 11.8 Å². The number of nitrogens with one attached hydrogen (secondary N) is 1. The van der Waals surface area contributed by atoms with E-state index in [0.717, 1.165) is 27.2 Å². The number of nitrogens with zero attached hydrogens (tertiary/aromatic N) is 4. The molecule has 0 atom stereocenters. The number of hydrogen-bond donors (Lipinski definition) is 2. The lowest BCUT2D eigenvalue weighted by molar-refractivity contribution is 0.0949. The van der Waals surface area contributed by atoms with E-state index >= 15 is 0 Å². The number of amides is 2. The van der Waals surface area contributed by atoms with Crippen LogP contribution in [0.5, 0.6) is 0 Å². The minimum Gasteiger partial charge on any atom is -0.364 e. The number of hydrogen-bond acceptors (Lipinski definition) is 6. The van der Waals surface area contributed by atoms with E-state index in [-0.39, 0.29) is 11.4 Å². The molecule has 0 fully saturated rings. The first kappa shape index (κ1) is 19.3. The van der Waals surface area contributed by atoms with Gasteiger partial charge in [0, 0.05) is 22.4 Å². The number of nitrogens with two attached hydrogens (primary N) is 1. The van der Waals surface area contributed by atoms with Gasteiger partial charge in [-0.25, -0.2) is 15.4 Å². The molecule has 0 radical (unpaired) electrons. The van der Waals surface area contributed by atoms with Gasteiger partial charge < -0.3 is 5.73 Å². The van der Waals surface area contributed by atoms with E-state index in [1.165, 1.54) is 0 Å². The molecule has 5 rings (SSSR count). The van der Waals surface area contributed by atoms with Crippen LogP contribution < -0.4 is 11.2 Å². The third-order valence-electron chi connectivity index (χ3n) is 5.01. The number of rotatable bonds is 4. The van der Waals surface area contributed by atoms with E-state index in [1.54, 1.807) is 36.7 Å². The minimum atomic E-state index is -0.628. The zero-order valence-electron chi connectivity index (χ0n) is 16.7. The molecule has 3 heterocycles. The van der Waals surface area contributed by atoms with Crippen molar-refractivity contribution in [3.63, 3.8) is 0 Å². The Hall–Kier alpha value is -4.72. The van der Waals surface area contributed by atoms with Crippen molar-refractivity contribution in [1.82, 2.24) is 20.4 Å². The number of hydrazone groups is 1. The Kier molecular flexibility index (Phi) is 4.72. The van der Waals surface area contributed by atoms with Gasteiger partial charge in [0.25, 0.3) is 11.8 Å². The van der Waals surface area contributed by atoms with Crippen LogP contribution in [0.25, 0.3) is 32.7 Å². The molecule has 2 amide bonds. The first-order valence-electron chi connectivity index (χ1n) is 9.77. The molecule has 8 nitrogen and oxygen atoms in total. The fourth-order valence-electron chi connectivity index (χ4n) is 3.43. The second kappa shape index (κ2) is 7.84. The first-order chi connectivity index (χ1) is 15.6. The number of aromatic nitrogens is 3. The molecule has 0 saturated heterocycles. The maximum Gasteiger partial charge on any atom is 0.289 e. The quantitative estimate of drug-likeness (QED) is 0.263. The predicted molar refractivity (Wildman–Crippen MR) is 122 cm³/mol. The fourth-order valence-corrected chi connectivity index (χ4v) is 3.43. The lowest BCUT2D eigenvalue weighted by atomic mass is 10.1. The highest BCUT2D eigenvalue weighted by Crippen LogP contribution is 2.23. The van der Waals surface area contributed by atoms with Gasteiger partial charge >= 0.3 is 0 Å². The molecule has 0 unspecified atom stereocenters. The Bertz CT molecular complexity index is 1560. The zero-order chi connectivity index (χ0) is 22.1. The van der Waals surface area contributed by atoms with E-state index in [2.05, 4.69) is 25.5 Å². The van der Waals surface area contributed by atoms with E-state index in [0.29, 0.717) is 11.0 Å². The van der Waals surface area contributed by atoms with Crippen LogP contribution >= 0.6 is 0 Å². The molecular weight excluding hydrogens is 404 g/mol. The van der Waals surface area contributed by atoms with Crippen molar-refractivity contribution in [1.29, 1.82) is 0 Å². The van der Waals surface area contributed by atoms with Crippen molar-refractivity contribution in [3.8, 4) is 0 Å². The van der Waals surface area contributed by atoms with Gasteiger partial charge in [0.1, 0.15) is 11.4 Å². The summed E-state index contributed by atoms with van der Waals surface area (Å²) < 4.78 is 0. The molecular formula is C24H16N6O2. The third-order valence-corrected chi connectivity index (χ3v) is 5.01. The van der Waals surface area contributed by atoms with E-state index in [1.807, 2.05) is 42.5 Å². The normalized spacial score (nSPS) is 11.4. The molecule has 154 valence electrons. The molecule has 2 aromatic carbocycles. The summed E-state index contributed by atoms with van der Waals surface area (Å²) in [4.78, 5) is 37.2. The fraction of sp³-hybridized carbons (Fsp3) is 0. The average molecular weight is 420 g/mol. The number of fused-ring (bicyclic) bond motifs is 4. The summed E-state index contributed by atoms with van der Waals surface area (Å²) >= 11 is 0. The van der Waals surface area contributed by atoms with Crippen LogP contribution in [0.15, 0.2) is 78.0 Å². The highest BCUT2D eigenvalue weighted by atomic mass is 16.2. The monoisotopic (exact) mass is 420 g/mol. The topological polar surface area (TPSA) is 123 Å². The van der Waals surface area contributed by atoms with Crippen molar-refractivity contribution >= 4 is 50.7 Å². The van der Waals surface area contributed by atoms with Crippen LogP contribution in [-0.4, -0.2) is 33.0 Å². The molecule has 0 spiro atoms. The van der Waals surface area contributed by atoms with Crippen molar-refractivity contribution in [2.24, 2.45) is 10.8 Å². The molecule has 8 heteroatoms. The molecule has 32 heavy (non-hydrogen) atoms. The highest BCUT2D eigenvalue weighted by Gasteiger charge is 2.12. The molecule has 0 bridgehead atoms. The summed E-state index contributed by atoms with van der Waals surface area (Å²) in [6.07, 6.45) is 3.29. The van der Waals surface area contributed by atoms with Gasteiger partial charge in [-0.3, -0.25) is 14.6 Å². The Morgan fingerprint density at radius 2 is 1.53 bits per heavy atom. The molecule has 0 aliphatic rings. The molecule has 5 aromatic rings. The van der Waals surface area contributed by atoms with Gasteiger partial charge in [-0.05, 0) is 35.9 Å². The first-order valence-corrected chi connectivity index (χ1v) is 9.77. The summed E-state index contributed by atoms with van der Waals surface area (Å²) in [6, 6.07) is 20.0. The van der Waals surface area contributed by atoms with Crippen LogP contribution in [0.3, 0.4) is 0 Å². The maximum absolute atomic E-state index is 12.6. The molecule has 0 aliphatic carbocycles. The molecule has 0 aliphatic heterocycles. The lowest BCUT2D eigenvalue weighted by Gasteiger charge is -2.06. The number of pyridine rings is 3. The van der Waals surface area contributed by atoms with Gasteiger partial charge in [0.15, 0.2) is 0 Å². The van der Waals surface area contributed by atoms with Crippen molar-refractivity contribution in [3.05, 3.63) is 89.9 Å². The van der Waals surface area contributed by atoms with Gasteiger partial charge in [0.05, 0.1) is 22.8 Å². The Labute approximate surface area is 181 Å². The highest BCUT2D eigenvalue weighted by molar-refractivity contribution is 6.06. The summed E-state index contributed by atoms with van der Waals surface area (Å²) in [7, 11) is 0. The predicted octanol–water partition coefficient (Wildman–Crippen LogP) is 3.19. The van der Waals surface area contributed by atoms with Gasteiger partial charge in [-0.15, -0.1) is 0 Å². The van der Waals surface area contributed by atoms with Gasteiger partial charge in [0.2, 0.25) is 0 Å². The number of benzene rings is 2. The Balaban J connectivity index is 1.43. The second-order valence-electron chi connectivity index (χ2n) is 7.12. The second-order valence-corrected chi connectivity index (χ2v) is 7.12. The smallest absolute Gasteiger partial charge is 0.289 e. The van der Waals surface area contributed by atoms with E-state index in [9.17, 15) is 9.59 Å². The SMILES string of the molecule is NC(=O)c1ccc2ccc3ccc(C(=O)N/N=C/c4ccc5ncccc5c4)nc3c2n1. The molecule has 3 aromatic heterocycles. The van der Waals surface area contributed by atoms with Crippen molar-refractivity contribution in [2.75, 3.05) is 0 Å². The number of primary amides is 1. The van der Waals surface area contributed by atoms with Crippen LogP contribution in [0, 0.1) is 0 Å². The zero-order valence-corrected chi connectivity index (χ0v) is 16.7. The van der Waals surface area contributed by atoms with Crippen molar-refractivity contribution < 1.29 is 9.59 Å². The summed E-state index contributed by atoms with van der Waals surface area (Å²) in [6.45, 7) is 0. The van der Waals surface area contributed by atoms with Crippen molar-refractivity contribution in [2.45, 2.75) is 0 Å². The average Bonchev–Trinajstić information content (AvgIpc) is 2.83. The summed E-state index contributed by atoms with van der Waals surface area (Å²) in [5, 5.41) is 6.60. The van der Waals surface area contributed by atoms with Crippen LogP contribution in [0.2, 0.25) is 0 Å². The van der Waals surface area contributed by atoms with Crippen LogP contribution in [0.1, 0.15) is 26.5 Å². The maximum atomic E-state index is 12.6. The Morgan fingerprint density at radius 1 is 0.844 bits per heavy atom. The van der Waals surface area contributed by atoms with E-state index in [4.69, 9.17) is 5.73 Å². The molecule has 3 N–H and O–H groups in total.